The monoisotopic (exact) mass is 259 g/mol. The van der Waals surface area contributed by atoms with E-state index >= 15 is 0 Å². The fourth-order valence-electron chi connectivity index (χ4n) is 1.20. The summed E-state index contributed by atoms with van der Waals surface area (Å²) in [6.45, 7) is -3.26. The number of nitrogens with one attached hydrogen (secondary N) is 1. The van der Waals surface area contributed by atoms with Gasteiger partial charge in [-0.15, -0.1) is 0 Å². The van der Waals surface area contributed by atoms with Crippen molar-refractivity contribution in [1.29, 1.82) is 0 Å². The van der Waals surface area contributed by atoms with Crippen molar-refractivity contribution in [2.24, 2.45) is 0 Å². The van der Waals surface area contributed by atoms with Gasteiger partial charge < -0.3 is 15.2 Å². The van der Waals surface area contributed by atoms with Gasteiger partial charge in [-0.3, -0.25) is 0 Å². The normalized spacial score (nSPS) is 11.1. The molecule has 0 aliphatic carbocycles. The molecule has 0 aliphatic rings. The predicted octanol–water partition coefficient (Wildman–Crippen LogP) is 1.58. The number of benzene rings is 1. The minimum absolute atomic E-state index is 0.00719. The first kappa shape index (κ1) is 14.4. The zero-order valence-corrected chi connectivity index (χ0v) is 9.73. The van der Waals surface area contributed by atoms with Crippen LogP contribution in [0.5, 0.6) is 0 Å². The van der Waals surface area contributed by atoms with E-state index < -0.39 is 31.6 Å². The van der Waals surface area contributed by atoms with E-state index in [1.165, 1.54) is 0 Å². The van der Waals surface area contributed by atoms with Crippen LogP contribution in [0.1, 0.15) is 5.56 Å². The van der Waals surface area contributed by atoms with Gasteiger partial charge in [0.25, 0.3) is 0 Å². The molecule has 100 valence electrons. The van der Waals surface area contributed by atoms with Crippen molar-refractivity contribution in [3.63, 3.8) is 0 Å². The highest BCUT2D eigenvalue weighted by Gasteiger charge is 2.32. The van der Waals surface area contributed by atoms with Crippen LogP contribution in [0, 0.1) is 0 Å². The Hall–Kier alpha value is -1.69. The molecular formula is C12H15F2NO3. The van der Waals surface area contributed by atoms with Crippen molar-refractivity contribution < 1.29 is 23.4 Å². The summed E-state index contributed by atoms with van der Waals surface area (Å²) >= 11 is 0. The summed E-state index contributed by atoms with van der Waals surface area (Å²) in [5, 5.41) is 10.8. The van der Waals surface area contributed by atoms with E-state index in [1.807, 2.05) is 11.4 Å². The summed E-state index contributed by atoms with van der Waals surface area (Å²) in [7, 11) is 0. The molecule has 0 saturated carbocycles. The Labute approximate surface area is 104 Å². The van der Waals surface area contributed by atoms with Crippen LogP contribution in [-0.4, -0.2) is 36.7 Å². The zero-order chi connectivity index (χ0) is 13.4. The minimum Gasteiger partial charge on any atom is -0.445 e. The second-order valence-electron chi connectivity index (χ2n) is 3.89. The van der Waals surface area contributed by atoms with Gasteiger partial charge in [-0.25, -0.2) is 13.6 Å². The van der Waals surface area contributed by atoms with Crippen molar-refractivity contribution in [3.05, 3.63) is 35.9 Å². The van der Waals surface area contributed by atoms with Gasteiger partial charge in [0, 0.05) is 0 Å². The van der Waals surface area contributed by atoms with Crippen molar-refractivity contribution in [2.45, 2.75) is 12.1 Å². The predicted molar refractivity (Wildman–Crippen MR) is 61.5 cm³/mol. The number of carbonyl (C=O) groups is 1. The Balaban J connectivity index is 2.46. The Bertz CT molecular complexity index is 361. The van der Waals surface area contributed by atoms with Crippen molar-refractivity contribution in [3.8, 4) is 0 Å². The molecular weight excluding hydrogens is 244 g/mol. The Kier molecular flexibility index (Phi) is 5.51. The third kappa shape index (κ3) is 3.96. The molecule has 0 bridgehead atoms. The molecule has 4 nitrogen and oxygen atoms in total. The first-order valence-electron chi connectivity index (χ1n) is 5.37. The molecule has 0 saturated heterocycles. The maximum atomic E-state index is 12.6. The van der Waals surface area contributed by atoms with Gasteiger partial charge in [0.1, 0.15) is 25.5 Å². The van der Waals surface area contributed by atoms with Crippen LogP contribution >= 0.6 is 0 Å². The van der Waals surface area contributed by atoms with Crippen molar-refractivity contribution in [2.75, 3.05) is 20.0 Å². The quantitative estimate of drug-likeness (QED) is 0.815. The number of rotatable bonds is 6. The van der Waals surface area contributed by atoms with E-state index in [0.717, 1.165) is 5.56 Å². The lowest BCUT2D eigenvalue weighted by molar-refractivity contribution is 0.0801. The molecule has 0 unspecified atom stereocenters. The van der Waals surface area contributed by atoms with Gasteiger partial charge in [-0.2, -0.15) is 0 Å². The number of alkyl carbamates (subject to hydrolysis) is 1. The molecule has 0 spiro atoms. The standard InChI is InChI=1S/C12H15F2NO3/c13-7-12(8-14,9-16)15-11(17)18-6-10-4-2-1-3-5-10/h1-5,16H,6-9H2,(H,15,17). The highest BCUT2D eigenvalue weighted by Crippen LogP contribution is 2.07. The topological polar surface area (TPSA) is 58.6 Å². The maximum absolute atomic E-state index is 12.6. The maximum Gasteiger partial charge on any atom is 0.408 e. The molecule has 0 aromatic heterocycles. The zero-order valence-electron chi connectivity index (χ0n) is 9.73. The molecule has 1 amide bonds. The average molecular weight is 259 g/mol. The minimum atomic E-state index is -1.91. The second kappa shape index (κ2) is 6.90. The van der Waals surface area contributed by atoms with Gasteiger partial charge in [0.2, 0.25) is 0 Å². The number of amides is 1. The number of ether oxygens (including phenoxy) is 1. The molecule has 0 radical (unpaired) electrons. The van der Waals surface area contributed by atoms with Crippen molar-refractivity contribution >= 4 is 6.09 Å². The molecule has 1 rings (SSSR count). The van der Waals surface area contributed by atoms with Crippen molar-refractivity contribution in [1.82, 2.24) is 5.32 Å². The van der Waals surface area contributed by atoms with Gasteiger partial charge in [0.15, 0.2) is 0 Å². The number of aliphatic hydroxyl groups excluding tert-OH is 1. The fourth-order valence-corrected chi connectivity index (χ4v) is 1.20. The molecule has 0 heterocycles. The third-order valence-corrected chi connectivity index (χ3v) is 2.39. The Morgan fingerprint density at radius 1 is 1.28 bits per heavy atom. The third-order valence-electron chi connectivity index (χ3n) is 2.39. The number of carbonyl (C=O) groups excluding carboxylic acids is 1. The van der Waals surface area contributed by atoms with E-state index in [4.69, 9.17) is 9.84 Å². The van der Waals surface area contributed by atoms with Crippen LogP contribution in [0.15, 0.2) is 30.3 Å². The first-order chi connectivity index (χ1) is 8.65. The van der Waals surface area contributed by atoms with Gasteiger partial charge >= 0.3 is 6.09 Å². The van der Waals surface area contributed by atoms with Crippen LogP contribution in [0.2, 0.25) is 0 Å². The molecule has 0 aliphatic heterocycles. The highest BCUT2D eigenvalue weighted by atomic mass is 19.1. The first-order valence-corrected chi connectivity index (χ1v) is 5.37. The number of alkyl halides is 2. The van der Waals surface area contributed by atoms with E-state index in [9.17, 15) is 13.6 Å². The largest absolute Gasteiger partial charge is 0.445 e. The van der Waals surface area contributed by atoms with Gasteiger partial charge in [-0.1, -0.05) is 30.3 Å². The second-order valence-corrected chi connectivity index (χ2v) is 3.89. The lowest BCUT2D eigenvalue weighted by atomic mass is 10.1. The lowest BCUT2D eigenvalue weighted by Crippen LogP contribution is -2.55. The molecule has 6 heteroatoms. The van der Waals surface area contributed by atoms with E-state index in [2.05, 4.69) is 0 Å². The van der Waals surface area contributed by atoms with Gasteiger partial charge in [-0.05, 0) is 5.56 Å². The lowest BCUT2D eigenvalue weighted by Gasteiger charge is -2.26. The highest BCUT2D eigenvalue weighted by molar-refractivity contribution is 5.68. The smallest absolute Gasteiger partial charge is 0.408 e. The van der Waals surface area contributed by atoms with Crippen LogP contribution in [0.4, 0.5) is 13.6 Å². The number of aliphatic hydroxyl groups is 1. The summed E-state index contributed by atoms with van der Waals surface area (Å²) < 4.78 is 29.9. The van der Waals surface area contributed by atoms with Gasteiger partial charge in [0.05, 0.1) is 6.61 Å². The van der Waals surface area contributed by atoms with Crippen LogP contribution in [-0.2, 0) is 11.3 Å². The molecule has 0 atom stereocenters. The van der Waals surface area contributed by atoms with Crippen LogP contribution in [0.25, 0.3) is 0 Å². The molecule has 1 aromatic rings. The van der Waals surface area contributed by atoms with Crippen LogP contribution in [0.3, 0.4) is 0 Å². The molecule has 18 heavy (non-hydrogen) atoms. The SMILES string of the molecule is O=C(NC(CO)(CF)CF)OCc1ccccc1. The summed E-state index contributed by atoms with van der Waals surface area (Å²) in [5.74, 6) is 0. The summed E-state index contributed by atoms with van der Waals surface area (Å²) in [5.41, 5.74) is -1.16. The molecule has 1 aromatic carbocycles. The van der Waals surface area contributed by atoms with Crippen LogP contribution < -0.4 is 5.32 Å². The Morgan fingerprint density at radius 3 is 2.39 bits per heavy atom. The summed E-state index contributed by atoms with van der Waals surface area (Å²) in [6, 6.07) is 8.86. The average Bonchev–Trinajstić information content (AvgIpc) is 2.44. The summed E-state index contributed by atoms with van der Waals surface area (Å²) in [6.07, 6.45) is -0.969. The Morgan fingerprint density at radius 2 is 1.89 bits per heavy atom. The fraction of sp³-hybridized carbons (Fsp3) is 0.417. The summed E-state index contributed by atoms with van der Waals surface area (Å²) in [4.78, 5) is 11.3. The van der Waals surface area contributed by atoms with E-state index in [0.29, 0.717) is 0 Å². The number of hydrogen-bond donors (Lipinski definition) is 2. The number of halogens is 2. The van der Waals surface area contributed by atoms with E-state index in [-0.39, 0.29) is 6.61 Å². The van der Waals surface area contributed by atoms with E-state index in [1.54, 1.807) is 24.3 Å². The molecule has 2 N–H and O–H groups in total. The molecule has 0 fully saturated rings. The number of hydrogen-bond acceptors (Lipinski definition) is 3.